The molecule has 6 heteroatoms. The number of nitrogens with one attached hydrogen (secondary N) is 1. The van der Waals surface area contributed by atoms with E-state index in [1.165, 1.54) is 0 Å². The fourth-order valence-electron chi connectivity index (χ4n) is 1.45. The lowest BCUT2D eigenvalue weighted by molar-refractivity contribution is 0.188. The molecule has 0 bridgehead atoms. The van der Waals surface area contributed by atoms with Gasteiger partial charge in [0.15, 0.2) is 0 Å². The van der Waals surface area contributed by atoms with Gasteiger partial charge in [-0.1, -0.05) is 0 Å². The van der Waals surface area contributed by atoms with E-state index in [9.17, 15) is 4.79 Å². The Balaban J connectivity index is 2.27. The van der Waals surface area contributed by atoms with Crippen LogP contribution >= 0.6 is 0 Å². The molecule has 0 saturated heterocycles. The number of hydrogen-bond acceptors (Lipinski definition) is 3. The predicted molar refractivity (Wildman–Crippen MR) is 64.6 cm³/mol. The molecule has 0 aliphatic heterocycles. The minimum Gasteiger partial charge on any atom is -0.385 e. The highest BCUT2D eigenvalue weighted by molar-refractivity contribution is 5.73. The first kappa shape index (κ1) is 13.5. The molecule has 0 radical (unpaired) electrons. The summed E-state index contributed by atoms with van der Waals surface area (Å²) in [6.07, 6.45) is 4.48. The van der Waals surface area contributed by atoms with E-state index in [0.29, 0.717) is 19.7 Å². The molecule has 0 atom stereocenters. The predicted octanol–water partition coefficient (Wildman–Crippen LogP) is 0.598. The number of carbonyl (C=O) groups excluding carboxylic acids is 1. The van der Waals surface area contributed by atoms with Crippen LogP contribution in [0.15, 0.2) is 12.4 Å². The normalized spacial score (nSPS) is 10.3. The van der Waals surface area contributed by atoms with Crippen molar-refractivity contribution >= 4 is 6.03 Å². The van der Waals surface area contributed by atoms with Crippen molar-refractivity contribution < 1.29 is 9.53 Å². The van der Waals surface area contributed by atoms with Gasteiger partial charge in [-0.3, -0.25) is 4.68 Å². The summed E-state index contributed by atoms with van der Waals surface area (Å²) in [5.74, 6) is 0. The monoisotopic (exact) mass is 240 g/mol. The topological polar surface area (TPSA) is 59.4 Å². The Labute approximate surface area is 102 Å². The van der Waals surface area contributed by atoms with Gasteiger partial charge in [0, 0.05) is 46.1 Å². The number of methoxy groups -OCH3 is 1. The van der Waals surface area contributed by atoms with Crippen LogP contribution in [-0.2, 0) is 18.3 Å². The van der Waals surface area contributed by atoms with Gasteiger partial charge in [-0.25, -0.2) is 4.79 Å². The van der Waals surface area contributed by atoms with E-state index in [1.807, 2.05) is 13.2 Å². The average molecular weight is 240 g/mol. The molecule has 2 amide bonds. The Kier molecular flexibility index (Phi) is 5.48. The first-order valence-corrected chi connectivity index (χ1v) is 5.59. The van der Waals surface area contributed by atoms with Crippen molar-refractivity contribution in [2.75, 3.05) is 27.3 Å². The zero-order valence-electron chi connectivity index (χ0n) is 10.6. The van der Waals surface area contributed by atoms with E-state index in [4.69, 9.17) is 4.74 Å². The third-order valence-corrected chi connectivity index (χ3v) is 2.33. The van der Waals surface area contributed by atoms with Crippen molar-refractivity contribution in [2.24, 2.45) is 7.05 Å². The molecule has 96 valence electrons. The van der Waals surface area contributed by atoms with Gasteiger partial charge in [0.2, 0.25) is 0 Å². The number of ether oxygens (including phenoxy) is 1. The Morgan fingerprint density at radius 2 is 2.41 bits per heavy atom. The highest BCUT2D eigenvalue weighted by Gasteiger charge is 2.08. The van der Waals surface area contributed by atoms with Gasteiger partial charge in [-0.2, -0.15) is 5.10 Å². The minimum atomic E-state index is -0.0787. The van der Waals surface area contributed by atoms with Crippen LogP contribution in [0.1, 0.15) is 12.0 Å². The summed E-state index contributed by atoms with van der Waals surface area (Å²) in [5.41, 5.74) is 1.02. The number of rotatable bonds is 6. The summed E-state index contributed by atoms with van der Waals surface area (Å²) < 4.78 is 6.63. The number of carbonyl (C=O) groups is 1. The Bertz CT molecular complexity index is 351. The summed E-state index contributed by atoms with van der Waals surface area (Å²) in [6, 6.07) is -0.0787. The molecular weight excluding hydrogens is 220 g/mol. The van der Waals surface area contributed by atoms with Crippen molar-refractivity contribution in [3.8, 4) is 0 Å². The van der Waals surface area contributed by atoms with Crippen molar-refractivity contribution in [3.63, 3.8) is 0 Å². The molecule has 17 heavy (non-hydrogen) atoms. The zero-order chi connectivity index (χ0) is 12.7. The molecular formula is C11H20N4O2. The maximum absolute atomic E-state index is 11.7. The molecule has 1 N–H and O–H groups in total. The van der Waals surface area contributed by atoms with Gasteiger partial charge in [-0.15, -0.1) is 0 Å². The van der Waals surface area contributed by atoms with Gasteiger partial charge < -0.3 is 15.0 Å². The second-order valence-electron chi connectivity index (χ2n) is 3.96. The van der Waals surface area contributed by atoms with Crippen molar-refractivity contribution in [1.82, 2.24) is 20.0 Å². The molecule has 1 rings (SSSR count). The standard InChI is InChI=1S/C11H20N4O2/c1-14(8-10-7-13-15(2)9-10)11(16)12-5-4-6-17-3/h7,9H,4-6,8H2,1-3H3,(H,12,16). The number of aryl methyl sites for hydroxylation is 1. The summed E-state index contributed by atoms with van der Waals surface area (Å²) in [5, 5.41) is 6.88. The van der Waals surface area contributed by atoms with Crippen LogP contribution in [0, 0.1) is 0 Å². The van der Waals surface area contributed by atoms with Crippen molar-refractivity contribution in [2.45, 2.75) is 13.0 Å². The maximum Gasteiger partial charge on any atom is 0.317 e. The van der Waals surface area contributed by atoms with E-state index in [2.05, 4.69) is 10.4 Å². The van der Waals surface area contributed by atoms with Crippen LogP contribution in [0.2, 0.25) is 0 Å². The minimum absolute atomic E-state index is 0.0787. The number of hydrogen-bond donors (Lipinski definition) is 1. The first-order chi connectivity index (χ1) is 8.13. The molecule has 0 fully saturated rings. The fraction of sp³-hybridized carbons (Fsp3) is 0.636. The molecule has 1 aromatic heterocycles. The van der Waals surface area contributed by atoms with E-state index < -0.39 is 0 Å². The second kappa shape index (κ2) is 6.90. The van der Waals surface area contributed by atoms with Crippen molar-refractivity contribution in [1.29, 1.82) is 0 Å². The van der Waals surface area contributed by atoms with Gasteiger partial charge in [0.05, 0.1) is 12.7 Å². The largest absolute Gasteiger partial charge is 0.385 e. The average Bonchev–Trinajstić information content (AvgIpc) is 2.70. The van der Waals surface area contributed by atoms with Crippen LogP contribution in [0.4, 0.5) is 4.79 Å². The summed E-state index contributed by atoms with van der Waals surface area (Å²) >= 11 is 0. The first-order valence-electron chi connectivity index (χ1n) is 5.59. The Morgan fingerprint density at radius 1 is 1.65 bits per heavy atom. The quantitative estimate of drug-likeness (QED) is 0.741. The molecule has 0 spiro atoms. The maximum atomic E-state index is 11.7. The molecule has 0 aliphatic rings. The number of urea groups is 1. The summed E-state index contributed by atoms with van der Waals surface area (Å²) in [7, 11) is 5.27. The van der Waals surface area contributed by atoms with Crippen LogP contribution in [0.25, 0.3) is 0 Å². The van der Waals surface area contributed by atoms with E-state index in [1.54, 1.807) is 29.9 Å². The smallest absolute Gasteiger partial charge is 0.317 e. The lowest BCUT2D eigenvalue weighted by Gasteiger charge is -2.16. The lowest BCUT2D eigenvalue weighted by Crippen LogP contribution is -2.37. The molecule has 1 aromatic rings. The van der Waals surface area contributed by atoms with E-state index >= 15 is 0 Å². The van der Waals surface area contributed by atoms with Crippen LogP contribution < -0.4 is 5.32 Å². The SMILES string of the molecule is COCCCNC(=O)N(C)Cc1cnn(C)c1. The number of nitrogens with zero attached hydrogens (tertiary/aromatic N) is 3. The zero-order valence-corrected chi connectivity index (χ0v) is 10.6. The highest BCUT2D eigenvalue weighted by atomic mass is 16.5. The van der Waals surface area contributed by atoms with Crippen molar-refractivity contribution in [3.05, 3.63) is 18.0 Å². The van der Waals surface area contributed by atoms with Crippen LogP contribution in [0.3, 0.4) is 0 Å². The van der Waals surface area contributed by atoms with Gasteiger partial charge in [-0.05, 0) is 6.42 Å². The van der Waals surface area contributed by atoms with Crippen LogP contribution in [-0.4, -0.2) is 48.0 Å². The van der Waals surface area contributed by atoms with Crippen LogP contribution in [0.5, 0.6) is 0 Å². The molecule has 0 unspecified atom stereocenters. The number of aromatic nitrogens is 2. The Hall–Kier alpha value is -1.56. The highest BCUT2D eigenvalue weighted by Crippen LogP contribution is 2.01. The molecule has 6 nitrogen and oxygen atoms in total. The number of amides is 2. The summed E-state index contributed by atoms with van der Waals surface area (Å²) in [4.78, 5) is 13.3. The lowest BCUT2D eigenvalue weighted by atomic mass is 10.3. The third kappa shape index (κ3) is 4.86. The summed E-state index contributed by atoms with van der Waals surface area (Å²) in [6.45, 7) is 1.85. The molecule has 0 aromatic carbocycles. The van der Waals surface area contributed by atoms with Gasteiger partial charge in [0.1, 0.15) is 0 Å². The fourth-order valence-corrected chi connectivity index (χ4v) is 1.45. The third-order valence-electron chi connectivity index (χ3n) is 2.33. The molecule has 0 aliphatic carbocycles. The van der Waals surface area contributed by atoms with Gasteiger partial charge in [0.25, 0.3) is 0 Å². The second-order valence-corrected chi connectivity index (χ2v) is 3.96. The molecule has 1 heterocycles. The Morgan fingerprint density at radius 3 is 3.00 bits per heavy atom. The van der Waals surface area contributed by atoms with E-state index in [0.717, 1.165) is 12.0 Å². The van der Waals surface area contributed by atoms with E-state index in [-0.39, 0.29) is 6.03 Å². The van der Waals surface area contributed by atoms with Gasteiger partial charge >= 0.3 is 6.03 Å². The molecule has 0 saturated carbocycles.